The normalized spacial score (nSPS) is 29.1. The van der Waals surface area contributed by atoms with Crippen LogP contribution in [0.5, 0.6) is 0 Å². The van der Waals surface area contributed by atoms with Crippen molar-refractivity contribution < 1.29 is 4.79 Å². The molecule has 0 atom stereocenters. The van der Waals surface area contributed by atoms with Crippen molar-refractivity contribution in [2.24, 2.45) is 5.41 Å². The highest BCUT2D eigenvalue weighted by Gasteiger charge is 2.47. The summed E-state index contributed by atoms with van der Waals surface area (Å²) < 4.78 is 0. The van der Waals surface area contributed by atoms with E-state index < -0.39 is 0 Å². The second-order valence-electron chi connectivity index (χ2n) is 3.02. The Hall–Kier alpha value is -0.590. The van der Waals surface area contributed by atoms with Crippen molar-refractivity contribution in [2.75, 3.05) is 0 Å². The molecular weight excluding hydrogens is 112 g/mol. The Morgan fingerprint density at radius 3 is 2.67 bits per heavy atom. The molecule has 2 aliphatic carbocycles. The van der Waals surface area contributed by atoms with Gasteiger partial charge in [0.1, 0.15) is 5.78 Å². The molecule has 2 aliphatic rings. The molecule has 1 nitrogen and oxygen atoms in total. The molecule has 9 heavy (non-hydrogen) atoms. The summed E-state index contributed by atoms with van der Waals surface area (Å²) in [6, 6.07) is 0. The van der Waals surface area contributed by atoms with E-state index in [1.54, 1.807) is 0 Å². The van der Waals surface area contributed by atoms with Crippen LogP contribution in [0.3, 0.4) is 0 Å². The molecule has 0 aromatic heterocycles. The van der Waals surface area contributed by atoms with E-state index in [0.29, 0.717) is 5.78 Å². The zero-order chi connectivity index (χ0) is 6.32. The van der Waals surface area contributed by atoms with Gasteiger partial charge in [0, 0.05) is 11.8 Å². The highest BCUT2D eigenvalue weighted by Crippen LogP contribution is 2.50. The van der Waals surface area contributed by atoms with Crippen LogP contribution in [0.25, 0.3) is 0 Å². The zero-order valence-corrected chi connectivity index (χ0v) is 5.39. The van der Waals surface area contributed by atoms with Gasteiger partial charge in [-0.15, -0.1) is 0 Å². The minimum Gasteiger partial charge on any atom is -0.299 e. The average Bonchev–Trinajstić information content (AvgIpc) is 2.60. The van der Waals surface area contributed by atoms with E-state index in [0.717, 1.165) is 25.7 Å². The fraction of sp³-hybridized carbons (Fsp3) is 0.625. The van der Waals surface area contributed by atoms with Crippen molar-refractivity contribution in [1.82, 2.24) is 0 Å². The molecule has 2 rings (SSSR count). The summed E-state index contributed by atoms with van der Waals surface area (Å²) in [5.74, 6) is 0.477. The van der Waals surface area contributed by atoms with Crippen molar-refractivity contribution in [3.63, 3.8) is 0 Å². The maximum Gasteiger partial charge on any atom is 0.143 e. The molecule has 1 saturated carbocycles. The lowest BCUT2D eigenvalue weighted by molar-refractivity contribution is -0.122. The molecule has 0 aliphatic heterocycles. The predicted octanol–water partition coefficient (Wildman–Crippen LogP) is 1.69. The number of ketones is 1. The molecule has 0 radical (unpaired) electrons. The number of Topliss-reactive ketones (excluding diaryl/α,β-unsaturated/α-hetero) is 1. The summed E-state index contributed by atoms with van der Waals surface area (Å²) in [5, 5.41) is 0. The summed E-state index contributed by atoms with van der Waals surface area (Å²) >= 11 is 0. The summed E-state index contributed by atoms with van der Waals surface area (Å²) in [6.45, 7) is 0. The molecule has 1 heteroatoms. The van der Waals surface area contributed by atoms with Crippen LogP contribution in [0.15, 0.2) is 12.2 Å². The van der Waals surface area contributed by atoms with E-state index >= 15 is 0 Å². The maximum atomic E-state index is 11.1. The van der Waals surface area contributed by atoms with Crippen LogP contribution in [0.4, 0.5) is 0 Å². The van der Waals surface area contributed by atoms with Crippen molar-refractivity contribution in [3.05, 3.63) is 12.2 Å². The van der Waals surface area contributed by atoms with Gasteiger partial charge in [0.15, 0.2) is 0 Å². The van der Waals surface area contributed by atoms with Crippen LogP contribution in [0.2, 0.25) is 0 Å². The van der Waals surface area contributed by atoms with Crippen molar-refractivity contribution in [1.29, 1.82) is 0 Å². The standard InChI is InChI=1S/C8H10O/c9-7-3-1-2-4-8(7)5-6-8/h2,4H,1,3,5-6H2. The average molecular weight is 122 g/mol. The molecule has 0 N–H and O–H groups in total. The van der Waals surface area contributed by atoms with Crippen molar-refractivity contribution in [3.8, 4) is 0 Å². The van der Waals surface area contributed by atoms with Crippen LogP contribution in [-0.2, 0) is 4.79 Å². The highest BCUT2D eigenvalue weighted by molar-refractivity contribution is 5.90. The second kappa shape index (κ2) is 1.47. The van der Waals surface area contributed by atoms with Gasteiger partial charge in [0.2, 0.25) is 0 Å². The maximum absolute atomic E-state index is 11.1. The molecule has 0 aromatic rings. The Balaban J connectivity index is 2.28. The molecule has 0 aromatic carbocycles. The Bertz CT molecular complexity index is 175. The molecule has 0 bridgehead atoms. The number of hydrogen-bond acceptors (Lipinski definition) is 1. The van der Waals surface area contributed by atoms with Gasteiger partial charge in [0.25, 0.3) is 0 Å². The molecule has 1 fully saturated rings. The van der Waals surface area contributed by atoms with Crippen LogP contribution < -0.4 is 0 Å². The van der Waals surface area contributed by atoms with E-state index in [4.69, 9.17) is 0 Å². The summed E-state index contributed by atoms with van der Waals surface area (Å²) in [4.78, 5) is 11.1. The fourth-order valence-corrected chi connectivity index (χ4v) is 1.45. The number of carbonyl (C=O) groups is 1. The topological polar surface area (TPSA) is 17.1 Å². The van der Waals surface area contributed by atoms with E-state index in [9.17, 15) is 4.79 Å². The first-order valence-electron chi connectivity index (χ1n) is 3.55. The smallest absolute Gasteiger partial charge is 0.143 e. The molecule has 0 saturated heterocycles. The number of hydrogen-bond donors (Lipinski definition) is 0. The van der Waals surface area contributed by atoms with Crippen LogP contribution in [-0.4, -0.2) is 5.78 Å². The monoisotopic (exact) mass is 122 g/mol. The molecule has 0 unspecified atom stereocenters. The van der Waals surface area contributed by atoms with Gasteiger partial charge in [-0.05, 0) is 19.3 Å². The minimum absolute atomic E-state index is 0.0677. The van der Waals surface area contributed by atoms with E-state index in [2.05, 4.69) is 12.2 Å². The molecule has 48 valence electrons. The van der Waals surface area contributed by atoms with Crippen molar-refractivity contribution in [2.45, 2.75) is 25.7 Å². The lowest BCUT2D eigenvalue weighted by Crippen LogP contribution is -2.15. The molecule has 0 amide bonds. The number of allylic oxidation sites excluding steroid dienone is 2. The van der Waals surface area contributed by atoms with Gasteiger partial charge in [0.05, 0.1) is 0 Å². The first kappa shape index (κ1) is 5.21. The van der Waals surface area contributed by atoms with E-state index in [1.165, 1.54) is 0 Å². The predicted molar refractivity (Wildman–Crippen MR) is 35.0 cm³/mol. The third-order valence-corrected chi connectivity index (χ3v) is 2.32. The van der Waals surface area contributed by atoms with Crippen LogP contribution in [0.1, 0.15) is 25.7 Å². The first-order valence-corrected chi connectivity index (χ1v) is 3.55. The van der Waals surface area contributed by atoms with Gasteiger partial charge < -0.3 is 0 Å². The highest BCUT2D eigenvalue weighted by atomic mass is 16.1. The number of rotatable bonds is 0. The summed E-state index contributed by atoms with van der Waals surface area (Å²) in [7, 11) is 0. The lowest BCUT2D eigenvalue weighted by atomic mass is 9.92. The first-order chi connectivity index (χ1) is 4.33. The van der Waals surface area contributed by atoms with E-state index in [1.807, 2.05) is 0 Å². The Morgan fingerprint density at radius 2 is 2.22 bits per heavy atom. The molecule has 1 spiro atoms. The van der Waals surface area contributed by atoms with Gasteiger partial charge in [-0.1, -0.05) is 12.2 Å². The van der Waals surface area contributed by atoms with Gasteiger partial charge >= 0.3 is 0 Å². The van der Waals surface area contributed by atoms with Crippen molar-refractivity contribution >= 4 is 5.78 Å². The zero-order valence-electron chi connectivity index (χ0n) is 5.39. The minimum atomic E-state index is 0.0677. The van der Waals surface area contributed by atoms with Gasteiger partial charge in [-0.25, -0.2) is 0 Å². The summed E-state index contributed by atoms with van der Waals surface area (Å²) in [5.41, 5.74) is 0.0677. The third kappa shape index (κ3) is 0.640. The van der Waals surface area contributed by atoms with Crippen LogP contribution >= 0.6 is 0 Å². The Labute approximate surface area is 54.8 Å². The number of carbonyl (C=O) groups excluding carboxylic acids is 1. The van der Waals surface area contributed by atoms with Gasteiger partial charge in [-0.2, -0.15) is 0 Å². The Kier molecular flexibility index (Phi) is 0.850. The van der Waals surface area contributed by atoms with E-state index in [-0.39, 0.29) is 5.41 Å². The quantitative estimate of drug-likeness (QED) is 0.447. The molecule has 0 heterocycles. The van der Waals surface area contributed by atoms with Crippen LogP contribution in [0, 0.1) is 5.41 Å². The van der Waals surface area contributed by atoms with Gasteiger partial charge in [-0.3, -0.25) is 4.79 Å². The summed E-state index contributed by atoms with van der Waals surface area (Å²) in [6.07, 6.45) is 8.25. The lowest BCUT2D eigenvalue weighted by Gasteiger charge is -2.11. The SMILES string of the molecule is O=C1CCC=CC12CC2. The molecular formula is C8H10O. The Morgan fingerprint density at radius 1 is 1.44 bits per heavy atom. The largest absolute Gasteiger partial charge is 0.299 e. The second-order valence-corrected chi connectivity index (χ2v) is 3.02. The third-order valence-electron chi connectivity index (χ3n) is 2.32. The fourth-order valence-electron chi connectivity index (χ4n) is 1.45.